The molecule has 0 saturated heterocycles. The van der Waals surface area contributed by atoms with Crippen LogP contribution in [-0.2, 0) is 6.54 Å². The largest absolute Gasteiger partial charge is 0.356 e. The molecule has 1 rings (SSSR count). The quantitative estimate of drug-likeness (QED) is 0.196. The van der Waals surface area contributed by atoms with Crippen molar-refractivity contribution >= 4 is 35.8 Å². The highest BCUT2D eigenvalue weighted by atomic mass is 127. The molecule has 3 N–H and O–H groups in total. The minimum Gasteiger partial charge on any atom is -0.356 e. The van der Waals surface area contributed by atoms with Gasteiger partial charge in [-0.15, -0.1) is 24.0 Å². The molecular formula is C20H35IN4O. The van der Waals surface area contributed by atoms with Crippen molar-refractivity contribution in [1.29, 1.82) is 0 Å². The lowest BCUT2D eigenvalue weighted by atomic mass is 10.1. The fourth-order valence-electron chi connectivity index (χ4n) is 2.66. The number of halogens is 1. The first-order valence-electron chi connectivity index (χ1n) is 9.46. The molecule has 0 aliphatic heterocycles. The normalized spacial score (nSPS) is 10.8. The Bertz CT molecular complexity index is 534. The highest BCUT2D eigenvalue weighted by molar-refractivity contribution is 14.0. The van der Waals surface area contributed by atoms with E-state index in [-0.39, 0.29) is 29.9 Å². The minimum absolute atomic E-state index is 0. The maximum absolute atomic E-state index is 11.7. The molecule has 0 aliphatic carbocycles. The molecule has 0 radical (unpaired) electrons. The van der Waals surface area contributed by atoms with Crippen molar-refractivity contribution in [2.75, 3.05) is 20.6 Å². The molecule has 0 aliphatic rings. The van der Waals surface area contributed by atoms with Crippen LogP contribution in [0, 0.1) is 0 Å². The Balaban J connectivity index is 0.00000625. The van der Waals surface area contributed by atoms with Crippen LogP contribution in [0.1, 0.15) is 67.8 Å². The third-order valence-corrected chi connectivity index (χ3v) is 4.17. The number of carbonyl (C=O) groups is 1. The van der Waals surface area contributed by atoms with Crippen LogP contribution in [0.3, 0.4) is 0 Å². The van der Waals surface area contributed by atoms with Gasteiger partial charge in [0.05, 0.1) is 0 Å². The van der Waals surface area contributed by atoms with Gasteiger partial charge in [-0.3, -0.25) is 9.79 Å². The van der Waals surface area contributed by atoms with Crippen LogP contribution >= 0.6 is 24.0 Å². The molecular weight excluding hydrogens is 439 g/mol. The SMILES string of the molecule is CCCCCCCCCNC(=NC)NCc1cccc(C(=O)NC)c1.I. The predicted octanol–water partition coefficient (Wildman–Crippen LogP) is 4.08. The van der Waals surface area contributed by atoms with E-state index in [0.717, 1.165) is 18.1 Å². The maximum Gasteiger partial charge on any atom is 0.251 e. The molecule has 0 fully saturated rings. The zero-order valence-electron chi connectivity index (χ0n) is 16.4. The van der Waals surface area contributed by atoms with Gasteiger partial charge < -0.3 is 16.0 Å². The fraction of sp³-hybridized carbons (Fsp3) is 0.600. The number of hydrogen-bond acceptors (Lipinski definition) is 2. The number of benzene rings is 1. The highest BCUT2D eigenvalue weighted by Gasteiger charge is 2.04. The van der Waals surface area contributed by atoms with Crippen molar-refractivity contribution in [1.82, 2.24) is 16.0 Å². The Morgan fingerprint density at radius 2 is 1.73 bits per heavy atom. The third kappa shape index (κ3) is 10.6. The first-order chi connectivity index (χ1) is 12.2. The summed E-state index contributed by atoms with van der Waals surface area (Å²) in [6.45, 7) is 3.82. The number of carbonyl (C=O) groups excluding carboxylic acids is 1. The van der Waals surface area contributed by atoms with Gasteiger partial charge in [-0.25, -0.2) is 0 Å². The number of nitrogens with one attached hydrogen (secondary N) is 3. The van der Waals surface area contributed by atoms with Crippen molar-refractivity contribution in [3.63, 3.8) is 0 Å². The summed E-state index contributed by atoms with van der Waals surface area (Å²) in [5, 5.41) is 9.29. The van der Waals surface area contributed by atoms with Gasteiger partial charge in [0.15, 0.2) is 5.96 Å². The minimum atomic E-state index is -0.0664. The van der Waals surface area contributed by atoms with Gasteiger partial charge in [0.1, 0.15) is 0 Å². The van der Waals surface area contributed by atoms with E-state index >= 15 is 0 Å². The number of amides is 1. The summed E-state index contributed by atoms with van der Waals surface area (Å²) in [6.07, 6.45) is 9.12. The standard InChI is InChI=1S/C20H34N4O.HI/c1-4-5-6-7-8-9-10-14-23-20(22-3)24-16-17-12-11-13-18(15-17)19(25)21-2;/h11-13,15H,4-10,14,16H2,1-3H3,(H,21,25)(H2,22,23,24);1H. The van der Waals surface area contributed by atoms with Gasteiger partial charge in [0.2, 0.25) is 0 Å². The van der Waals surface area contributed by atoms with Crippen LogP contribution in [0.5, 0.6) is 0 Å². The molecule has 0 atom stereocenters. The summed E-state index contributed by atoms with van der Waals surface area (Å²) in [5.41, 5.74) is 1.73. The molecule has 0 unspecified atom stereocenters. The Kier molecular flexibility index (Phi) is 15.1. The van der Waals surface area contributed by atoms with Crippen molar-refractivity contribution in [3.8, 4) is 0 Å². The van der Waals surface area contributed by atoms with Gasteiger partial charge in [-0.05, 0) is 24.1 Å². The number of hydrogen-bond donors (Lipinski definition) is 3. The molecule has 26 heavy (non-hydrogen) atoms. The fourth-order valence-corrected chi connectivity index (χ4v) is 2.66. The second-order valence-electron chi connectivity index (χ2n) is 6.25. The summed E-state index contributed by atoms with van der Waals surface area (Å²) < 4.78 is 0. The third-order valence-electron chi connectivity index (χ3n) is 4.17. The van der Waals surface area contributed by atoms with Crippen LogP contribution in [0.25, 0.3) is 0 Å². The molecule has 1 aromatic rings. The van der Waals surface area contributed by atoms with Crippen molar-refractivity contribution in [2.45, 2.75) is 58.4 Å². The van der Waals surface area contributed by atoms with Crippen molar-refractivity contribution < 1.29 is 4.79 Å². The van der Waals surface area contributed by atoms with Gasteiger partial charge >= 0.3 is 0 Å². The number of aliphatic imine (C=N–C) groups is 1. The number of nitrogens with zero attached hydrogens (tertiary/aromatic N) is 1. The number of guanidine groups is 1. The van der Waals surface area contributed by atoms with E-state index in [4.69, 9.17) is 0 Å². The Hall–Kier alpha value is -1.31. The first-order valence-corrected chi connectivity index (χ1v) is 9.46. The topological polar surface area (TPSA) is 65.5 Å². The van der Waals surface area contributed by atoms with E-state index in [0.29, 0.717) is 12.1 Å². The van der Waals surface area contributed by atoms with Crippen LogP contribution < -0.4 is 16.0 Å². The number of unbranched alkanes of at least 4 members (excludes halogenated alkanes) is 6. The molecule has 1 aromatic carbocycles. The van der Waals surface area contributed by atoms with Gasteiger partial charge in [-0.1, -0.05) is 57.6 Å². The zero-order valence-corrected chi connectivity index (χ0v) is 18.8. The van der Waals surface area contributed by atoms with Crippen LogP contribution in [0.2, 0.25) is 0 Å². The lowest BCUT2D eigenvalue weighted by Crippen LogP contribution is -2.37. The van der Waals surface area contributed by atoms with Crippen LogP contribution in [0.15, 0.2) is 29.3 Å². The molecule has 0 spiro atoms. The highest BCUT2D eigenvalue weighted by Crippen LogP contribution is 2.06. The van der Waals surface area contributed by atoms with E-state index in [9.17, 15) is 4.79 Å². The summed E-state index contributed by atoms with van der Waals surface area (Å²) in [4.78, 5) is 15.9. The van der Waals surface area contributed by atoms with Crippen molar-refractivity contribution in [3.05, 3.63) is 35.4 Å². The molecule has 0 saturated carbocycles. The molecule has 148 valence electrons. The van der Waals surface area contributed by atoms with E-state index < -0.39 is 0 Å². The smallest absolute Gasteiger partial charge is 0.251 e. The summed E-state index contributed by atoms with van der Waals surface area (Å²) >= 11 is 0. The van der Waals surface area contributed by atoms with E-state index in [1.807, 2.05) is 24.3 Å². The average Bonchev–Trinajstić information content (AvgIpc) is 2.65. The maximum atomic E-state index is 11.7. The lowest BCUT2D eigenvalue weighted by molar-refractivity contribution is 0.0963. The predicted molar refractivity (Wildman–Crippen MR) is 121 cm³/mol. The second kappa shape index (κ2) is 15.9. The Morgan fingerprint density at radius 3 is 2.38 bits per heavy atom. The van der Waals surface area contributed by atoms with Gasteiger partial charge in [-0.2, -0.15) is 0 Å². The molecule has 1 amide bonds. The van der Waals surface area contributed by atoms with Crippen LogP contribution in [0.4, 0.5) is 0 Å². The Morgan fingerprint density at radius 1 is 1.04 bits per heavy atom. The first kappa shape index (κ1) is 24.7. The van der Waals surface area contributed by atoms with E-state index in [2.05, 4.69) is 27.9 Å². The van der Waals surface area contributed by atoms with E-state index in [1.54, 1.807) is 14.1 Å². The Labute approximate surface area is 175 Å². The monoisotopic (exact) mass is 474 g/mol. The van der Waals surface area contributed by atoms with Crippen molar-refractivity contribution in [2.24, 2.45) is 4.99 Å². The molecule has 0 heterocycles. The molecule has 6 heteroatoms. The summed E-state index contributed by atoms with van der Waals surface area (Å²) in [6, 6.07) is 7.62. The zero-order chi connectivity index (χ0) is 18.3. The number of rotatable bonds is 11. The van der Waals surface area contributed by atoms with Crippen LogP contribution in [-0.4, -0.2) is 32.5 Å². The van der Waals surface area contributed by atoms with Gasteiger partial charge in [0.25, 0.3) is 5.91 Å². The molecule has 5 nitrogen and oxygen atoms in total. The second-order valence-corrected chi connectivity index (χ2v) is 6.25. The summed E-state index contributed by atoms with van der Waals surface area (Å²) in [7, 11) is 3.42. The molecule has 0 aromatic heterocycles. The summed E-state index contributed by atoms with van der Waals surface area (Å²) in [5.74, 6) is 0.736. The lowest BCUT2D eigenvalue weighted by Gasteiger charge is -2.12. The molecule has 0 bridgehead atoms. The van der Waals surface area contributed by atoms with E-state index in [1.165, 1.54) is 44.9 Å². The average molecular weight is 474 g/mol. The van der Waals surface area contributed by atoms with Gasteiger partial charge in [0, 0.05) is 32.7 Å².